The number of imidazole rings is 1. The first kappa shape index (κ1) is 49.0. The number of aromatic nitrogens is 4. The molecule has 14 nitrogen and oxygen atoms in total. The second-order valence-electron chi connectivity index (χ2n) is 15.8. The number of nitrogens with zero attached hydrogens (tertiary/aromatic N) is 4. The third-order valence-electron chi connectivity index (χ3n) is 11.0. The SMILES string of the molecule is C#C[C@]1(CO[P@@](=O)(NC(Cc2cc(F)cc(F)c2)C(=O)OCC(CC)CC)Oc2ccccc2)O[C@@H](n2cnc3c(N)nc(F)nc32)C[C@@H]1OC(=O)CCCCCCCCCCC. The Bertz CT molecular complexity index is 2190. The van der Waals surface area contributed by atoms with Crippen LogP contribution in [-0.2, 0) is 39.3 Å². The molecule has 0 spiro atoms. The molecule has 0 amide bonds. The van der Waals surface area contributed by atoms with Crippen LogP contribution in [0.5, 0.6) is 5.75 Å². The molecule has 1 unspecified atom stereocenters. The fourth-order valence-electron chi connectivity index (χ4n) is 7.32. The van der Waals surface area contributed by atoms with E-state index in [0.717, 1.165) is 37.8 Å². The minimum absolute atomic E-state index is 0.0137. The Balaban J connectivity index is 1.43. The molecule has 5 rings (SSSR count). The van der Waals surface area contributed by atoms with Gasteiger partial charge in [-0.15, -0.1) is 6.42 Å². The van der Waals surface area contributed by atoms with Crippen LogP contribution in [0.25, 0.3) is 11.2 Å². The molecule has 1 saturated heterocycles. The lowest BCUT2D eigenvalue weighted by Gasteiger charge is -2.31. The van der Waals surface area contributed by atoms with E-state index in [0.29, 0.717) is 25.3 Å². The van der Waals surface area contributed by atoms with Crippen molar-refractivity contribution in [3.8, 4) is 18.1 Å². The lowest BCUT2D eigenvalue weighted by atomic mass is 9.98. The van der Waals surface area contributed by atoms with Crippen LogP contribution in [-0.4, -0.2) is 62.4 Å². The van der Waals surface area contributed by atoms with Crippen molar-refractivity contribution < 1.29 is 50.6 Å². The predicted octanol–water partition coefficient (Wildman–Crippen LogP) is 9.33. The zero-order valence-electron chi connectivity index (χ0n) is 36.1. The van der Waals surface area contributed by atoms with E-state index in [2.05, 4.69) is 32.9 Å². The standard InChI is InChI=1S/C45H58F3N6O8P/c1-5-9-10-11-12-13-14-15-19-22-39(55)60-37-27-38(54-30-50-40-41(49)51-44(48)52-42(40)54)61-45(37,8-4)29-59-63(57,62-35-20-17-16-18-21-35)53-36(43(56)58-28-31(6-2)7-3)25-32-23-33(46)26-34(47)24-32/h4,16-18,20-21,23-24,26,30-31,36-38H,5-7,9-15,19,22,25,27-29H2,1-3H3,(H,53,57)(H2,49,51,52)/t36?,37-,38+,45+,63-/m0/s1. The van der Waals surface area contributed by atoms with Crippen LogP contribution in [0.3, 0.4) is 0 Å². The van der Waals surface area contributed by atoms with Crippen LogP contribution in [0.4, 0.5) is 19.0 Å². The Hall–Kier alpha value is -5.01. The summed E-state index contributed by atoms with van der Waals surface area (Å²) in [6, 6.07) is 9.13. The summed E-state index contributed by atoms with van der Waals surface area (Å²) in [5.41, 5.74) is 4.06. The summed E-state index contributed by atoms with van der Waals surface area (Å²) >= 11 is 0. The molecule has 3 N–H and O–H groups in total. The normalized spacial score (nSPS) is 18.8. The van der Waals surface area contributed by atoms with Gasteiger partial charge in [-0.05, 0) is 48.6 Å². The van der Waals surface area contributed by atoms with E-state index < -0.39 is 74.4 Å². The van der Waals surface area contributed by atoms with E-state index >= 15 is 4.57 Å². The molecular weight excluding hydrogens is 840 g/mol. The third-order valence-corrected chi connectivity index (χ3v) is 12.6. The number of unbranched alkanes of at least 4 members (excludes halogenated alkanes) is 8. The summed E-state index contributed by atoms with van der Waals surface area (Å²) in [7, 11) is -4.77. The van der Waals surface area contributed by atoms with Crippen molar-refractivity contribution >= 4 is 36.7 Å². The Morgan fingerprint density at radius 2 is 1.67 bits per heavy atom. The van der Waals surface area contributed by atoms with Crippen LogP contribution in [0.1, 0.15) is 116 Å². The van der Waals surface area contributed by atoms with Crippen molar-refractivity contribution in [2.24, 2.45) is 5.92 Å². The molecule has 2 aromatic heterocycles. The van der Waals surface area contributed by atoms with Gasteiger partial charge in [0.15, 0.2) is 22.6 Å². The number of fused-ring (bicyclic) bond motifs is 1. The number of carbonyl (C=O) groups excluding carboxylic acids is 2. The van der Waals surface area contributed by atoms with Crippen molar-refractivity contribution in [1.82, 2.24) is 24.6 Å². The van der Waals surface area contributed by atoms with Gasteiger partial charge in [0.1, 0.15) is 42.4 Å². The van der Waals surface area contributed by atoms with E-state index in [1.165, 1.54) is 48.7 Å². The Morgan fingerprint density at radius 3 is 2.32 bits per heavy atom. The highest BCUT2D eigenvalue weighted by Crippen LogP contribution is 2.49. The number of nitrogen functional groups attached to an aromatic ring is 1. The molecule has 1 aliphatic heterocycles. The van der Waals surface area contributed by atoms with Gasteiger partial charge in [-0.2, -0.15) is 19.4 Å². The fraction of sp³-hybridized carbons (Fsp3) is 0.533. The first-order valence-electron chi connectivity index (χ1n) is 21.7. The highest BCUT2D eigenvalue weighted by Gasteiger charge is 2.53. The maximum absolute atomic E-state index is 15.0. The Morgan fingerprint density at radius 1 is 1.00 bits per heavy atom. The zero-order chi connectivity index (χ0) is 45.4. The molecule has 0 saturated carbocycles. The minimum Gasteiger partial charge on any atom is -0.464 e. The van der Waals surface area contributed by atoms with Gasteiger partial charge in [0, 0.05) is 18.9 Å². The van der Waals surface area contributed by atoms with Crippen LogP contribution in [0, 0.1) is 36.0 Å². The molecule has 1 aliphatic rings. The molecule has 2 aromatic carbocycles. The van der Waals surface area contributed by atoms with Crippen LogP contribution in [0.2, 0.25) is 0 Å². The summed E-state index contributed by atoms with van der Waals surface area (Å²) in [5.74, 6) is -0.840. The number of rotatable bonds is 26. The largest absolute Gasteiger partial charge is 0.464 e. The van der Waals surface area contributed by atoms with E-state index in [-0.39, 0.29) is 53.7 Å². The van der Waals surface area contributed by atoms with Crippen molar-refractivity contribution in [3.63, 3.8) is 0 Å². The van der Waals surface area contributed by atoms with E-state index in [4.69, 9.17) is 35.4 Å². The topological polar surface area (TPSA) is 179 Å². The molecule has 0 radical (unpaired) electrons. The second kappa shape index (κ2) is 23.6. The maximum atomic E-state index is 15.0. The van der Waals surface area contributed by atoms with Crippen LogP contribution < -0.4 is 15.3 Å². The molecule has 18 heteroatoms. The van der Waals surface area contributed by atoms with E-state index in [1.54, 1.807) is 18.2 Å². The van der Waals surface area contributed by atoms with Crippen LogP contribution in [0.15, 0.2) is 54.9 Å². The van der Waals surface area contributed by atoms with E-state index in [1.807, 2.05) is 13.8 Å². The first-order valence-corrected chi connectivity index (χ1v) is 23.2. The zero-order valence-corrected chi connectivity index (χ0v) is 37.0. The quantitative estimate of drug-likeness (QED) is 0.0200. The average molecular weight is 899 g/mol. The number of nitrogens with one attached hydrogen (secondary N) is 1. The molecule has 3 heterocycles. The van der Waals surface area contributed by atoms with Crippen molar-refractivity contribution in [2.75, 3.05) is 18.9 Å². The maximum Gasteiger partial charge on any atom is 0.459 e. The van der Waals surface area contributed by atoms with Gasteiger partial charge >= 0.3 is 25.8 Å². The van der Waals surface area contributed by atoms with Gasteiger partial charge in [-0.1, -0.05) is 109 Å². The van der Waals surface area contributed by atoms with Crippen molar-refractivity contribution in [3.05, 3.63) is 78.1 Å². The number of terminal acetylenes is 1. The number of hydrogen-bond acceptors (Lipinski definition) is 12. The molecule has 342 valence electrons. The summed E-state index contributed by atoms with van der Waals surface area (Å²) in [6.45, 7) is 5.33. The second-order valence-corrected chi connectivity index (χ2v) is 17.4. The van der Waals surface area contributed by atoms with Gasteiger partial charge in [-0.25, -0.2) is 18.3 Å². The monoisotopic (exact) mass is 898 g/mol. The lowest BCUT2D eigenvalue weighted by Crippen LogP contribution is -2.46. The first-order chi connectivity index (χ1) is 30.3. The summed E-state index contributed by atoms with van der Waals surface area (Å²) in [4.78, 5) is 38.9. The molecule has 1 fully saturated rings. The third kappa shape index (κ3) is 14.0. The molecule has 0 bridgehead atoms. The fourth-order valence-corrected chi connectivity index (χ4v) is 8.84. The van der Waals surface area contributed by atoms with Gasteiger partial charge in [0.05, 0.1) is 12.9 Å². The van der Waals surface area contributed by atoms with Gasteiger partial charge in [0.2, 0.25) is 0 Å². The van der Waals surface area contributed by atoms with Gasteiger partial charge in [-0.3, -0.25) is 18.7 Å². The Labute approximate surface area is 366 Å². The van der Waals surface area contributed by atoms with Gasteiger partial charge in [0.25, 0.3) is 0 Å². The molecule has 63 heavy (non-hydrogen) atoms. The molecule has 0 aliphatic carbocycles. The molecular formula is C45H58F3N6O8P. The number of hydrogen-bond donors (Lipinski definition) is 2. The number of para-hydroxylation sites is 1. The summed E-state index contributed by atoms with van der Waals surface area (Å²) < 4.78 is 89.7. The molecule has 5 atom stereocenters. The summed E-state index contributed by atoms with van der Waals surface area (Å²) in [5, 5.41) is 2.65. The predicted molar refractivity (Wildman–Crippen MR) is 230 cm³/mol. The minimum atomic E-state index is -4.77. The van der Waals surface area contributed by atoms with Crippen molar-refractivity contribution in [2.45, 2.75) is 135 Å². The Kier molecular flexibility index (Phi) is 18.4. The summed E-state index contributed by atoms with van der Waals surface area (Å²) in [6.07, 6.45) is 14.4. The number of esters is 2. The molecule has 4 aromatic rings. The highest BCUT2D eigenvalue weighted by atomic mass is 31.2. The van der Waals surface area contributed by atoms with E-state index in [9.17, 15) is 22.8 Å². The number of ether oxygens (including phenoxy) is 3. The number of carbonyl (C=O) groups is 2. The smallest absolute Gasteiger partial charge is 0.459 e. The number of benzene rings is 2. The number of anilines is 1. The highest BCUT2D eigenvalue weighted by molar-refractivity contribution is 7.52. The van der Waals surface area contributed by atoms with Crippen LogP contribution >= 0.6 is 7.75 Å². The van der Waals surface area contributed by atoms with Gasteiger partial charge < -0.3 is 24.5 Å². The van der Waals surface area contributed by atoms with Crippen molar-refractivity contribution in [1.29, 1.82) is 0 Å². The average Bonchev–Trinajstić information content (AvgIpc) is 3.84. The number of halogens is 3. The lowest BCUT2D eigenvalue weighted by molar-refractivity contribution is -0.158. The number of nitrogens with two attached hydrogens (primary N) is 1.